The maximum Gasteiger partial charge on any atom is 0.224 e. The number of nitrogens with one attached hydrogen (secondary N) is 2. The van der Waals surface area contributed by atoms with E-state index in [9.17, 15) is 0 Å². The Kier molecular flexibility index (Phi) is 5.89. The second-order valence-electron chi connectivity index (χ2n) is 5.33. The lowest BCUT2D eigenvalue weighted by Crippen LogP contribution is -2.25. The molecule has 4 heteroatoms. The van der Waals surface area contributed by atoms with Gasteiger partial charge in [-0.1, -0.05) is 27.7 Å². The second-order valence-corrected chi connectivity index (χ2v) is 5.33. The third kappa shape index (κ3) is 4.51. The van der Waals surface area contributed by atoms with Gasteiger partial charge < -0.3 is 10.6 Å². The highest BCUT2D eigenvalue weighted by molar-refractivity contribution is 5.39. The van der Waals surface area contributed by atoms with Crippen LogP contribution in [0.25, 0.3) is 0 Å². The normalized spacial score (nSPS) is 11.3. The average Bonchev–Trinajstić information content (AvgIpc) is 2.29. The summed E-state index contributed by atoms with van der Waals surface area (Å²) in [6.45, 7) is 12.9. The zero-order chi connectivity index (χ0) is 13.5. The predicted octanol–water partition coefficient (Wildman–Crippen LogP) is 3.25. The fourth-order valence-corrected chi connectivity index (χ4v) is 2.16. The van der Waals surface area contributed by atoms with Crippen molar-refractivity contribution < 1.29 is 0 Å². The largest absolute Gasteiger partial charge is 0.370 e. The van der Waals surface area contributed by atoms with Gasteiger partial charge in [-0.05, 0) is 30.7 Å². The van der Waals surface area contributed by atoms with Gasteiger partial charge in [-0.2, -0.15) is 4.98 Å². The van der Waals surface area contributed by atoms with Crippen molar-refractivity contribution in [3.63, 3.8) is 0 Å². The molecule has 0 aliphatic carbocycles. The van der Waals surface area contributed by atoms with Gasteiger partial charge in [0.25, 0.3) is 0 Å². The Balaban J connectivity index is 2.59. The number of aromatic nitrogens is 2. The molecule has 0 saturated heterocycles. The fourth-order valence-electron chi connectivity index (χ4n) is 2.16. The van der Waals surface area contributed by atoms with E-state index in [-0.39, 0.29) is 0 Å². The number of nitrogens with zero attached hydrogens (tertiary/aromatic N) is 2. The minimum absolute atomic E-state index is 0.655. The Morgan fingerprint density at radius 2 is 1.78 bits per heavy atom. The topological polar surface area (TPSA) is 49.8 Å². The van der Waals surface area contributed by atoms with E-state index in [4.69, 9.17) is 0 Å². The van der Waals surface area contributed by atoms with Gasteiger partial charge in [-0.15, -0.1) is 0 Å². The molecule has 0 bridgehead atoms. The molecule has 0 saturated carbocycles. The minimum atomic E-state index is 0.655. The van der Waals surface area contributed by atoms with Crippen molar-refractivity contribution in [2.24, 2.45) is 17.8 Å². The number of hydrogen-bond donors (Lipinski definition) is 2. The zero-order valence-electron chi connectivity index (χ0n) is 12.2. The molecule has 2 N–H and O–H groups in total. The van der Waals surface area contributed by atoms with Crippen molar-refractivity contribution >= 4 is 11.8 Å². The molecule has 0 radical (unpaired) electrons. The Bertz CT molecular complexity index is 341. The van der Waals surface area contributed by atoms with Crippen LogP contribution in [-0.4, -0.2) is 23.1 Å². The predicted molar refractivity (Wildman–Crippen MR) is 77.9 cm³/mol. The van der Waals surface area contributed by atoms with Crippen LogP contribution in [-0.2, 0) is 0 Å². The summed E-state index contributed by atoms with van der Waals surface area (Å²) in [6.07, 6.45) is 1.78. The lowest BCUT2D eigenvalue weighted by atomic mass is 9.85. The molecule has 0 aromatic carbocycles. The summed E-state index contributed by atoms with van der Waals surface area (Å²) in [4.78, 5) is 8.58. The van der Waals surface area contributed by atoms with Crippen LogP contribution in [0.3, 0.4) is 0 Å². The molecule has 4 nitrogen and oxygen atoms in total. The Labute approximate surface area is 111 Å². The van der Waals surface area contributed by atoms with E-state index in [0.717, 1.165) is 18.9 Å². The highest BCUT2D eigenvalue weighted by atomic mass is 15.1. The molecule has 0 aliphatic rings. The third-order valence-corrected chi connectivity index (χ3v) is 3.22. The Hall–Kier alpha value is -1.32. The summed E-state index contributed by atoms with van der Waals surface area (Å²) in [7, 11) is 0. The summed E-state index contributed by atoms with van der Waals surface area (Å²) in [5.74, 6) is 3.59. The van der Waals surface area contributed by atoms with Gasteiger partial charge in [0.15, 0.2) is 0 Å². The van der Waals surface area contributed by atoms with Crippen LogP contribution in [0, 0.1) is 17.8 Å². The van der Waals surface area contributed by atoms with Gasteiger partial charge in [0.2, 0.25) is 5.95 Å². The summed E-state index contributed by atoms with van der Waals surface area (Å²) in [5.41, 5.74) is 0. The number of anilines is 2. The van der Waals surface area contributed by atoms with Gasteiger partial charge >= 0.3 is 0 Å². The molecule has 0 fully saturated rings. The van der Waals surface area contributed by atoms with Crippen LogP contribution in [0.2, 0.25) is 0 Å². The lowest BCUT2D eigenvalue weighted by Gasteiger charge is -2.25. The first-order valence-electron chi connectivity index (χ1n) is 6.85. The van der Waals surface area contributed by atoms with E-state index >= 15 is 0 Å². The number of rotatable bonds is 7. The van der Waals surface area contributed by atoms with Crippen LogP contribution in [0.4, 0.5) is 11.8 Å². The molecular weight excluding hydrogens is 224 g/mol. The van der Waals surface area contributed by atoms with Crippen LogP contribution in [0.15, 0.2) is 12.3 Å². The smallest absolute Gasteiger partial charge is 0.224 e. The summed E-state index contributed by atoms with van der Waals surface area (Å²) in [6, 6.07) is 1.92. The number of hydrogen-bond acceptors (Lipinski definition) is 4. The first-order valence-corrected chi connectivity index (χ1v) is 6.85. The third-order valence-electron chi connectivity index (χ3n) is 3.22. The summed E-state index contributed by atoms with van der Waals surface area (Å²) in [5, 5.41) is 6.53. The molecule has 1 aromatic rings. The van der Waals surface area contributed by atoms with Crippen LogP contribution in [0.5, 0.6) is 0 Å². The highest BCUT2D eigenvalue weighted by Gasteiger charge is 2.17. The molecule has 0 atom stereocenters. The summed E-state index contributed by atoms with van der Waals surface area (Å²) >= 11 is 0. The van der Waals surface area contributed by atoms with Gasteiger partial charge in [-0.3, -0.25) is 0 Å². The van der Waals surface area contributed by atoms with Gasteiger partial charge in [0, 0.05) is 19.3 Å². The Morgan fingerprint density at radius 3 is 2.33 bits per heavy atom. The molecule has 102 valence electrons. The zero-order valence-corrected chi connectivity index (χ0v) is 12.2. The highest BCUT2D eigenvalue weighted by Crippen LogP contribution is 2.20. The van der Waals surface area contributed by atoms with E-state index in [1.54, 1.807) is 6.20 Å². The van der Waals surface area contributed by atoms with E-state index < -0.39 is 0 Å². The molecule has 0 aliphatic heterocycles. The van der Waals surface area contributed by atoms with Gasteiger partial charge in [0.1, 0.15) is 5.82 Å². The van der Waals surface area contributed by atoms with Gasteiger partial charge in [0.05, 0.1) is 0 Å². The minimum Gasteiger partial charge on any atom is -0.370 e. The molecule has 0 amide bonds. The average molecular weight is 250 g/mol. The molecule has 1 rings (SSSR count). The monoisotopic (exact) mass is 250 g/mol. The first-order chi connectivity index (χ1) is 8.54. The van der Waals surface area contributed by atoms with Crippen molar-refractivity contribution in [2.45, 2.75) is 34.6 Å². The molecule has 0 unspecified atom stereocenters. The van der Waals surface area contributed by atoms with Gasteiger partial charge in [-0.25, -0.2) is 4.98 Å². The van der Waals surface area contributed by atoms with E-state index in [0.29, 0.717) is 23.7 Å². The maximum absolute atomic E-state index is 4.42. The van der Waals surface area contributed by atoms with Crippen molar-refractivity contribution in [3.05, 3.63) is 12.3 Å². The van der Waals surface area contributed by atoms with E-state index in [1.165, 1.54) is 0 Å². The fraction of sp³-hybridized carbons (Fsp3) is 0.714. The quantitative estimate of drug-likeness (QED) is 0.780. The van der Waals surface area contributed by atoms with Crippen LogP contribution < -0.4 is 10.6 Å². The molecule has 0 spiro atoms. The van der Waals surface area contributed by atoms with Crippen molar-refractivity contribution in [1.29, 1.82) is 0 Å². The van der Waals surface area contributed by atoms with E-state index in [2.05, 4.69) is 48.3 Å². The maximum atomic E-state index is 4.42. The van der Waals surface area contributed by atoms with Crippen LogP contribution in [0.1, 0.15) is 34.6 Å². The SMILES string of the molecule is CCNc1nccc(NCC(C(C)C)C(C)C)n1. The van der Waals surface area contributed by atoms with Crippen molar-refractivity contribution in [3.8, 4) is 0 Å². The Morgan fingerprint density at radius 1 is 1.11 bits per heavy atom. The van der Waals surface area contributed by atoms with Crippen molar-refractivity contribution in [2.75, 3.05) is 23.7 Å². The first kappa shape index (κ1) is 14.7. The van der Waals surface area contributed by atoms with Crippen molar-refractivity contribution in [1.82, 2.24) is 9.97 Å². The summed E-state index contributed by atoms with van der Waals surface area (Å²) < 4.78 is 0. The molecule has 1 heterocycles. The molecular formula is C14H26N4. The molecule has 1 aromatic heterocycles. The second kappa shape index (κ2) is 7.19. The van der Waals surface area contributed by atoms with Crippen LogP contribution >= 0.6 is 0 Å². The lowest BCUT2D eigenvalue weighted by molar-refractivity contribution is 0.304. The standard InChI is InChI=1S/C14H26N4/c1-6-15-14-16-8-7-13(18-14)17-9-12(10(2)3)11(4)5/h7-8,10-12H,6,9H2,1-5H3,(H2,15,16,17,18). The molecule has 18 heavy (non-hydrogen) atoms. The van der Waals surface area contributed by atoms with E-state index in [1.807, 2.05) is 13.0 Å².